The van der Waals surface area contributed by atoms with Gasteiger partial charge in [0.15, 0.2) is 5.11 Å². The van der Waals surface area contributed by atoms with E-state index in [4.69, 9.17) is 23.8 Å². The molecule has 0 aromatic heterocycles. The summed E-state index contributed by atoms with van der Waals surface area (Å²) < 4.78 is 13.2. The molecule has 2 aromatic rings. The summed E-state index contributed by atoms with van der Waals surface area (Å²) in [5.41, 5.74) is 1.88. The van der Waals surface area contributed by atoms with Crippen molar-refractivity contribution in [1.82, 2.24) is 10.2 Å². The molecule has 0 aliphatic carbocycles. The third-order valence-corrected chi connectivity index (χ3v) is 4.68. The van der Waals surface area contributed by atoms with Gasteiger partial charge in [-0.3, -0.25) is 4.79 Å². The van der Waals surface area contributed by atoms with Crippen LogP contribution >= 0.6 is 23.8 Å². The van der Waals surface area contributed by atoms with Gasteiger partial charge in [0.1, 0.15) is 5.82 Å². The van der Waals surface area contributed by atoms with E-state index in [0.29, 0.717) is 22.9 Å². The molecule has 150 valence electrons. The molecule has 8 heteroatoms. The molecule has 5 nitrogen and oxygen atoms in total. The quantitative estimate of drug-likeness (QED) is 0.552. The summed E-state index contributed by atoms with van der Waals surface area (Å²) in [5.74, 6) is -0.600. The van der Waals surface area contributed by atoms with E-state index in [1.807, 2.05) is 0 Å². The third kappa shape index (κ3) is 6.74. The zero-order valence-electron chi connectivity index (χ0n) is 15.9. The minimum atomic E-state index is -0.489. The topological polar surface area (TPSA) is 56.4 Å². The summed E-state index contributed by atoms with van der Waals surface area (Å²) in [7, 11) is 0. The summed E-state index contributed by atoms with van der Waals surface area (Å²) in [5, 5.41) is 9.21. The molecule has 0 atom stereocenters. The van der Waals surface area contributed by atoms with Crippen LogP contribution in [0.1, 0.15) is 24.2 Å². The molecule has 0 saturated heterocycles. The van der Waals surface area contributed by atoms with Crippen molar-refractivity contribution in [1.29, 1.82) is 0 Å². The van der Waals surface area contributed by atoms with Crippen molar-refractivity contribution in [2.75, 3.05) is 36.8 Å². The molecule has 2 aromatic carbocycles. The van der Waals surface area contributed by atoms with Gasteiger partial charge in [0, 0.05) is 30.0 Å². The molecule has 28 heavy (non-hydrogen) atoms. The van der Waals surface area contributed by atoms with Gasteiger partial charge in [-0.1, -0.05) is 25.4 Å². The number of hydrogen-bond donors (Lipinski definition) is 3. The highest BCUT2D eigenvalue weighted by Crippen LogP contribution is 2.19. The first-order valence-corrected chi connectivity index (χ1v) is 9.85. The van der Waals surface area contributed by atoms with Gasteiger partial charge in [0.2, 0.25) is 0 Å². The lowest BCUT2D eigenvalue weighted by molar-refractivity contribution is 0.0949. The summed E-state index contributed by atoms with van der Waals surface area (Å²) >= 11 is 11.0. The maximum absolute atomic E-state index is 13.2. The highest BCUT2D eigenvalue weighted by atomic mass is 35.5. The Labute approximate surface area is 175 Å². The summed E-state index contributed by atoms with van der Waals surface area (Å²) in [4.78, 5) is 14.5. The van der Waals surface area contributed by atoms with Crippen LogP contribution in [0.2, 0.25) is 5.02 Å². The van der Waals surface area contributed by atoms with Crippen molar-refractivity contribution in [3.63, 3.8) is 0 Å². The van der Waals surface area contributed by atoms with E-state index in [0.717, 1.165) is 25.3 Å². The Morgan fingerprint density at radius 1 is 1.07 bits per heavy atom. The van der Waals surface area contributed by atoms with Gasteiger partial charge >= 0.3 is 0 Å². The first-order chi connectivity index (χ1) is 13.4. The van der Waals surface area contributed by atoms with Crippen LogP contribution in [0.25, 0.3) is 0 Å². The van der Waals surface area contributed by atoms with Gasteiger partial charge in [0.05, 0.1) is 5.02 Å². The van der Waals surface area contributed by atoms with Gasteiger partial charge in [-0.05, 0) is 67.8 Å². The first-order valence-electron chi connectivity index (χ1n) is 9.06. The number of benzene rings is 2. The van der Waals surface area contributed by atoms with Crippen molar-refractivity contribution in [3.8, 4) is 0 Å². The Hall–Kier alpha value is -2.22. The van der Waals surface area contributed by atoms with E-state index in [1.54, 1.807) is 30.3 Å². The Morgan fingerprint density at radius 2 is 1.68 bits per heavy atom. The van der Waals surface area contributed by atoms with Gasteiger partial charge in [0.25, 0.3) is 5.91 Å². The summed E-state index contributed by atoms with van der Waals surface area (Å²) in [6.45, 7) is 7.55. The molecule has 2 rings (SSSR count). The van der Waals surface area contributed by atoms with E-state index in [2.05, 4.69) is 34.7 Å². The zero-order valence-corrected chi connectivity index (χ0v) is 17.5. The zero-order chi connectivity index (χ0) is 20.5. The third-order valence-electron chi connectivity index (χ3n) is 4.19. The number of carbonyl (C=O) groups excluding carboxylic acids is 1. The lowest BCUT2D eigenvalue weighted by Gasteiger charge is -2.18. The van der Waals surface area contributed by atoms with E-state index < -0.39 is 5.82 Å². The highest BCUT2D eigenvalue weighted by Gasteiger charge is 2.07. The van der Waals surface area contributed by atoms with Crippen molar-refractivity contribution < 1.29 is 9.18 Å². The smallest absolute Gasteiger partial charge is 0.251 e. The number of thiocarbonyl (C=S) groups is 1. The number of hydrogen-bond acceptors (Lipinski definition) is 3. The average Bonchev–Trinajstić information content (AvgIpc) is 2.68. The molecule has 0 unspecified atom stereocenters. The number of halogens is 2. The Balaban J connectivity index is 1.85. The Morgan fingerprint density at radius 3 is 2.29 bits per heavy atom. The minimum absolute atomic E-state index is 0.0177. The van der Waals surface area contributed by atoms with Crippen molar-refractivity contribution in [2.24, 2.45) is 0 Å². The van der Waals surface area contributed by atoms with E-state index in [9.17, 15) is 9.18 Å². The number of amides is 1. The molecule has 0 aliphatic rings. The van der Waals surface area contributed by atoms with Gasteiger partial charge in [-0.25, -0.2) is 4.39 Å². The fraction of sp³-hybridized carbons (Fsp3) is 0.300. The Kier molecular flexibility index (Phi) is 8.63. The number of likely N-dealkylation sites (N-methyl/N-ethyl adjacent to an activating group) is 1. The number of nitrogens with zero attached hydrogens (tertiary/aromatic N) is 1. The van der Waals surface area contributed by atoms with Crippen molar-refractivity contribution in [2.45, 2.75) is 13.8 Å². The Bertz CT molecular complexity index is 812. The maximum atomic E-state index is 13.2. The predicted octanol–water partition coefficient (Wildman–Crippen LogP) is 4.36. The fourth-order valence-electron chi connectivity index (χ4n) is 2.54. The van der Waals surface area contributed by atoms with E-state index >= 15 is 0 Å². The number of carbonyl (C=O) groups is 1. The van der Waals surface area contributed by atoms with E-state index in [1.165, 1.54) is 12.1 Å². The van der Waals surface area contributed by atoms with E-state index in [-0.39, 0.29) is 10.9 Å². The fourth-order valence-corrected chi connectivity index (χ4v) is 2.96. The van der Waals surface area contributed by atoms with Crippen LogP contribution in [0.3, 0.4) is 0 Å². The molecule has 0 spiro atoms. The molecule has 0 fully saturated rings. The molecule has 0 radical (unpaired) electrons. The number of rotatable bonds is 8. The van der Waals surface area contributed by atoms with Gasteiger partial charge < -0.3 is 20.9 Å². The average molecular weight is 423 g/mol. The monoisotopic (exact) mass is 422 g/mol. The first kappa shape index (κ1) is 22.1. The second-order valence-electron chi connectivity index (χ2n) is 6.07. The van der Waals surface area contributed by atoms with Crippen LogP contribution in [0, 0.1) is 5.82 Å². The predicted molar refractivity (Wildman–Crippen MR) is 118 cm³/mol. The van der Waals surface area contributed by atoms with Crippen LogP contribution in [-0.2, 0) is 0 Å². The number of nitrogens with one attached hydrogen (secondary N) is 3. The second-order valence-corrected chi connectivity index (χ2v) is 6.88. The van der Waals surface area contributed by atoms with Gasteiger partial charge in [-0.15, -0.1) is 0 Å². The van der Waals surface area contributed by atoms with Crippen molar-refractivity contribution >= 4 is 46.2 Å². The molecular formula is C20H24ClFN4OS. The standard InChI is InChI=1S/C20H24ClFN4OS/c1-3-26(4-2)12-11-23-19(27)14-5-7-15(8-6-14)24-20(28)25-16-9-10-18(22)17(21)13-16/h5-10,13H,3-4,11-12H2,1-2H3,(H,23,27)(H2,24,25,28). The normalized spacial score (nSPS) is 10.6. The van der Waals surface area contributed by atoms with Crippen LogP contribution in [0.5, 0.6) is 0 Å². The largest absolute Gasteiger partial charge is 0.351 e. The molecule has 0 bridgehead atoms. The molecular weight excluding hydrogens is 399 g/mol. The molecule has 1 amide bonds. The SMILES string of the molecule is CCN(CC)CCNC(=O)c1ccc(NC(=S)Nc2ccc(F)c(Cl)c2)cc1. The lowest BCUT2D eigenvalue weighted by Crippen LogP contribution is -2.34. The molecule has 3 N–H and O–H groups in total. The molecule has 0 aliphatic heterocycles. The number of anilines is 2. The maximum Gasteiger partial charge on any atom is 0.251 e. The molecule has 0 heterocycles. The van der Waals surface area contributed by atoms with Crippen LogP contribution < -0.4 is 16.0 Å². The van der Waals surface area contributed by atoms with Crippen molar-refractivity contribution in [3.05, 3.63) is 58.9 Å². The van der Waals surface area contributed by atoms with Crippen LogP contribution in [0.15, 0.2) is 42.5 Å². The van der Waals surface area contributed by atoms with Gasteiger partial charge in [-0.2, -0.15) is 0 Å². The molecule has 0 saturated carbocycles. The summed E-state index contributed by atoms with van der Waals surface area (Å²) in [6.07, 6.45) is 0. The second kappa shape index (κ2) is 10.9. The summed E-state index contributed by atoms with van der Waals surface area (Å²) in [6, 6.07) is 11.3. The highest BCUT2D eigenvalue weighted by molar-refractivity contribution is 7.80. The lowest BCUT2D eigenvalue weighted by atomic mass is 10.2. The van der Waals surface area contributed by atoms with Crippen LogP contribution in [-0.4, -0.2) is 42.1 Å². The van der Waals surface area contributed by atoms with Crippen LogP contribution in [0.4, 0.5) is 15.8 Å². The minimum Gasteiger partial charge on any atom is -0.351 e.